The Balaban J connectivity index is 1.84. The van der Waals surface area contributed by atoms with E-state index in [0.717, 1.165) is 6.26 Å². The Bertz CT molecular complexity index is 1030. The second-order valence-corrected chi connectivity index (χ2v) is 9.73. The molecule has 1 fully saturated rings. The molecule has 9 heteroatoms. The Kier molecular flexibility index (Phi) is 6.47. The Hall–Kier alpha value is -2.45. The maximum Gasteiger partial charge on any atom is 0.261 e. The molecule has 0 N–H and O–H groups in total. The third-order valence-electron chi connectivity index (χ3n) is 4.52. The zero-order chi connectivity index (χ0) is 22.1. The minimum absolute atomic E-state index is 0.0114. The van der Waals surface area contributed by atoms with Gasteiger partial charge in [0.25, 0.3) is 5.91 Å². The van der Waals surface area contributed by atoms with E-state index < -0.39 is 9.84 Å². The van der Waals surface area contributed by atoms with Crippen LogP contribution in [0.25, 0.3) is 0 Å². The normalized spacial score (nSPS) is 14.4. The standard InChI is InChI=1S/C21H24ClNO6S/c1-13(2)28-17-9-10-18(30(4,25)26)20(27-3)19(17)21(24)23-11-16(12-23)29-15-7-5-14(22)6-8-15/h5-10,13,16H,11-12H2,1-4H3. The molecule has 2 aromatic rings. The van der Waals surface area contributed by atoms with Gasteiger partial charge in [0.1, 0.15) is 28.1 Å². The molecule has 0 atom stereocenters. The molecule has 1 heterocycles. The van der Waals surface area contributed by atoms with Gasteiger partial charge in [-0.25, -0.2) is 8.42 Å². The number of methoxy groups -OCH3 is 1. The summed E-state index contributed by atoms with van der Waals surface area (Å²) >= 11 is 5.88. The van der Waals surface area contributed by atoms with E-state index in [1.807, 2.05) is 13.8 Å². The van der Waals surface area contributed by atoms with Gasteiger partial charge in [-0.3, -0.25) is 4.79 Å². The number of nitrogens with zero attached hydrogens (tertiary/aromatic N) is 1. The first kappa shape index (κ1) is 22.2. The van der Waals surface area contributed by atoms with Gasteiger partial charge >= 0.3 is 0 Å². The lowest BCUT2D eigenvalue weighted by Crippen LogP contribution is -2.56. The molecule has 1 saturated heterocycles. The van der Waals surface area contributed by atoms with Crippen LogP contribution in [-0.2, 0) is 9.84 Å². The molecule has 0 spiro atoms. The summed E-state index contributed by atoms with van der Waals surface area (Å²) in [5.41, 5.74) is 0.0964. The molecule has 7 nitrogen and oxygen atoms in total. The monoisotopic (exact) mass is 453 g/mol. The smallest absolute Gasteiger partial charge is 0.261 e. The lowest BCUT2D eigenvalue weighted by atomic mass is 10.1. The maximum absolute atomic E-state index is 13.2. The Morgan fingerprint density at radius 1 is 1.13 bits per heavy atom. The van der Waals surface area contributed by atoms with Crippen LogP contribution in [0.3, 0.4) is 0 Å². The topological polar surface area (TPSA) is 82.1 Å². The van der Waals surface area contributed by atoms with Crippen LogP contribution in [0.4, 0.5) is 0 Å². The van der Waals surface area contributed by atoms with Gasteiger partial charge in [0.05, 0.1) is 26.3 Å². The number of hydrogen-bond donors (Lipinski definition) is 0. The van der Waals surface area contributed by atoms with Crippen molar-refractivity contribution in [2.45, 2.75) is 31.0 Å². The highest BCUT2D eigenvalue weighted by atomic mass is 35.5. The molecule has 2 aromatic carbocycles. The first-order chi connectivity index (χ1) is 14.1. The third-order valence-corrected chi connectivity index (χ3v) is 5.89. The molecule has 0 unspecified atom stereocenters. The average Bonchev–Trinajstić information content (AvgIpc) is 2.63. The molecule has 0 radical (unpaired) electrons. The van der Waals surface area contributed by atoms with Crippen LogP contribution in [0, 0.1) is 0 Å². The van der Waals surface area contributed by atoms with E-state index in [4.69, 9.17) is 25.8 Å². The van der Waals surface area contributed by atoms with E-state index in [-0.39, 0.29) is 40.1 Å². The molecule has 162 valence electrons. The Labute approximate surface area is 181 Å². The molecular weight excluding hydrogens is 430 g/mol. The van der Waals surface area contributed by atoms with Gasteiger partial charge in [0, 0.05) is 11.3 Å². The highest BCUT2D eigenvalue weighted by molar-refractivity contribution is 7.90. The number of ether oxygens (including phenoxy) is 3. The predicted molar refractivity (Wildman–Crippen MR) is 114 cm³/mol. The minimum atomic E-state index is -3.60. The van der Waals surface area contributed by atoms with Crippen molar-refractivity contribution >= 4 is 27.3 Å². The molecule has 30 heavy (non-hydrogen) atoms. The van der Waals surface area contributed by atoms with Crippen LogP contribution in [-0.4, -0.2) is 57.9 Å². The number of carbonyl (C=O) groups is 1. The van der Waals surface area contributed by atoms with Gasteiger partial charge in [0.2, 0.25) is 0 Å². The molecular formula is C21H24ClNO6S. The fourth-order valence-corrected chi connectivity index (χ4v) is 4.10. The van der Waals surface area contributed by atoms with E-state index in [1.165, 1.54) is 19.2 Å². The number of sulfone groups is 1. The van der Waals surface area contributed by atoms with E-state index in [9.17, 15) is 13.2 Å². The van der Waals surface area contributed by atoms with Gasteiger partial charge in [-0.2, -0.15) is 0 Å². The van der Waals surface area contributed by atoms with Crippen molar-refractivity contribution in [1.82, 2.24) is 4.90 Å². The molecule has 0 aromatic heterocycles. The molecule has 0 aliphatic carbocycles. The second-order valence-electron chi connectivity index (χ2n) is 7.31. The summed E-state index contributed by atoms with van der Waals surface area (Å²) in [4.78, 5) is 14.7. The lowest BCUT2D eigenvalue weighted by molar-refractivity contribution is 0.0171. The molecule has 0 saturated carbocycles. The molecule has 1 amide bonds. The summed E-state index contributed by atoms with van der Waals surface area (Å²) in [5.74, 6) is 0.560. The maximum atomic E-state index is 13.2. The number of benzene rings is 2. The number of halogens is 1. The molecule has 3 rings (SSSR count). The SMILES string of the molecule is COc1c(S(C)(=O)=O)ccc(OC(C)C)c1C(=O)N1CC(Oc2ccc(Cl)cc2)C1. The molecule has 0 bridgehead atoms. The zero-order valence-electron chi connectivity index (χ0n) is 17.2. The van der Waals surface area contributed by atoms with Crippen molar-refractivity contribution in [2.75, 3.05) is 26.5 Å². The first-order valence-corrected chi connectivity index (χ1v) is 11.7. The van der Waals surface area contributed by atoms with Crippen molar-refractivity contribution in [3.63, 3.8) is 0 Å². The van der Waals surface area contributed by atoms with Crippen molar-refractivity contribution < 1.29 is 27.4 Å². The number of hydrogen-bond acceptors (Lipinski definition) is 6. The first-order valence-electron chi connectivity index (χ1n) is 9.39. The quantitative estimate of drug-likeness (QED) is 0.638. The number of carbonyl (C=O) groups excluding carboxylic acids is 1. The summed E-state index contributed by atoms with van der Waals surface area (Å²) in [6, 6.07) is 9.88. The lowest BCUT2D eigenvalue weighted by Gasteiger charge is -2.39. The number of rotatable bonds is 7. The van der Waals surface area contributed by atoms with E-state index in [2.05, 4.69) is 0 Å². The molecule has 1 aliphatic heterocycles. The largest absolute Gasteiger partial charge is 0.494 e. The highest BCUT2D eigenvalue weighted by Gasteiger charge is 2.37. The van der Waals surface area contributed by atoms with Gasteiger partial charge in [-0.15, -0.1) is 0 Å². The van der Waals surface area contributed by atoms with Crippen LogP contribution >= 0.6 is 11.6 Å². The van der Waals surface area contributed by atoms with Crippen LogP contribution in [0.2, 0.25) is 5.02 Å². The van der Waals surface area contributed by atoms with E-state index >= 15 is 0 Å². The summed E-state index contributed by atoms with van der Waals surface area (Å²) in [5, 5.41) is 0.614. The Morgan fingerprint density at radius 2 is 1.77 bits per heavy atom. The van der Waals surface area contributed by atoms with E-state index in [1.54, 1.807) is 29.2 Å². The van der Waals surface area contributed by atoms with Gasteiger partial charge in [0.15, 0.2) is 15.6 Å². The third kappa shape index (κ3) is 4.82. The minimum Gasteiger partial charge on any atom is -0.494 e. The summed E-state index contributed by atoms with van der Waals surface area (Å²) in [6.45, 7) is 4.36. The second kappa shape index (κ2) is 8.73. The summed E-state index contributed by atoms with van der Waals surface area (Å²) < 4.78 is 41.3. The summed E-state index contributed by atoms with van der Waals surface area (Å²) in [7, 11) is -2.27. The predicted octanol–water partition coefficient (Wildman–Crippen LogP) is 3.44. The van der Waals surface area contributed by atoms with Crippen molar-refractivity contribution in [3.8, 4) is 17.2 Å². The number of amides is 1. The van der Waals surface area contributed by atoms with Crippen LogP contribution in [0.1, 0.15) is 24.2 Å². The van der Waals surface area contributed by atoms with Gasteiger partial charge in [-0.1, -0.05) is 11.6 Å². The fraction of sp³-hybridized carbons (Fsp3) is 0.381. The van der Waals surface area contributed by atoms with Crippen molar-refractivity contribution in [1.29, 1.82) is 0 Å². The highest BCUT2D eigenvalue weighted by Crippen LogP contribution is 2.37. The Morgan fingerprint density at radius 3 is 2.30 bits per heavy atom. The van der Waals surface area contributed by atoms with Crippen LogP contribution in [0.5, 0.6) is 17.2 Å². The number of likely N-dealkylation sites (tertiary alicyclic amines) is 1. The van der Waals surface area contributed by atoms with Gasteiger partial charge < -0.3 is 19.1 Å². The fourth-order valence-electron chi connectivity index (χ4n) is 3.14. The van der Waals surface area contributed by atoms with E-state index in [0.29, 0.717) is 23.9 Å². The average molecular weight is 454 g/mol. The van der Waals surface area contributed by atoms with Crippen molar-refractivity contribution in [3.05, 3.63) is 47.0 Å². The van der Waals surface area contributed by atoms with Crippen LogP contribution in [0.15, 0.2) is 41.3 Å². The molecule has 1 aliphatic rings. The zero-order valence-corrected chi connectivity index (χ0v) is 18.8. The summed E-state index contributed by atoms with van der Waals surface area (Å²) in [6.07, 6.45) is 0.693. The van der Waals surface area contributed by atoms with Crippen LogP contribution < -0.4 is 14.2 Å². The van der Waals surface area contributed by atoms with Gasteiger partial charge in [-0.05, 0) is 50.2 Å². The van der Waals surface area contributed by atoms with Crippen molar-refractivity contribution in [2.24, 2.45) is 0 Å².